The van der Waals surface area contributed by atoms with Crippen LogP contribution in [0, 0.1) is 13.8 Å². The number of aryl methyl sites for hydroxylation is 1. The molecule has 0 spiro atoms. The number of hydrogen-bond donors (Lipinski definition) is 2. The van der Waals surface area contributed by atoms with E-state index in [1.807, 2.05) is 6.07 Å². The van der Waals surface area contributed by atoms with Crippen LogP contribution >= 0.6 is 0 Å². The molecule has 1 aromatic heterocycles. The van der Waals surface area contributed by atoms with Crippen LogP contribution in [0.25, 0.3) is 11.3 Å². The highest BCUT2D eigenvalue weighted by Crippen LogP contribution is 2.23. The molecule has 0 aliphatic heterocycles. The summed E-state index contributed by atoms with van der Waals surface area (Å²) < 4.78 is 0. The zero-order valence-electron chi connectivity index (χ0n) is 8.91. The third-order valence-corrected chi connectivity index (χ3v) is 2.67. The number of benzene rings is 1. The molecule has 0 aliphatic rings. The highest BCUT2D eigenvalue weighted by molar-refractivity contribution is 5.64. The van der Waals surface area contributed by atoms with Crippen molar-refractivity contribution in [3.63, 3.8) is 0 Å². The second-order valence-electron chi connectivity index (χ2n) is 3.65. The predicted octanol–water partition coefficient (Wildman–Crippen LogP) is 2.19. The summed E-state index contributed by atoms with van der Waals surface area (Å²) in [7, 11) is 0. The molecule has 0 fully saturated rings. The summed E-state index contributed by atoms with van der Waals surface area (Å²) in [5.74, 6) is 0.603. The van der Waals surface area contributed by atoms with Gasteiger partial charge in [-0.05, 0) is 25.0 Å². The van der Waals surface area contributed by atoms with Crippen molar-refractivity contribution in [3.8, 4) is 11.3 Å². The first-order valence-corrected chi connectivity index (χ1v) is 4.93. The van der Waals surface area contributed by atoms with Crippen LogP contribution in [0.5, 0.6) is 0 Å². The predicted molar refractivity (Wildman–Crippen MR) is 59.4 cm³/mol. The molecule has 0 aliphatic carbocycles. The first kappa shape index (κ1) is 9.93. The number of H-pyrrole nitrogens is 1. The fourth-order valence-electron chi connectivity index (χ4n) is 1.62. The van der Waals surface area contributed by atoms with Crippen molar-refractivity contribution in [2.24, 2.45) is 0 Å². The molecule has 78 valence electrons. The average molecular weight is 202 g/mol. The van der Waals surface area contributed by atoms with Gasteiger partial charge in [-0.1, -0.05) is 18.2 Å². The zero-order chi connectivity index (χ0) is 10.8. The van der Waals surface area contributed by atoms with E-state index in [9.17, 15) is 0 Å². The lowest BCUT2D eigenvalue weighted by atomic mass is 10.0. The van der Waals surface area contributed by atoms with Crippen molar-refractivity contribution in [2.45, 2.75) is 20.5 Å². The number of aromatic amines is 1. The Labute approximate surface area is 88.8 Å². The Kier molecular flexibility index (Phi) is 2.56. The maximum absolute atomic E-state index is 8.93. The van der Waals surface area contributed by atoms with E-state index >= 15 is 0 Å². The van der Waals surface area contributed by atoms with Gasteiger partial charge >= 0.3 is 0 Å². The van der Waals surface area contributed by atoms with E-state index in [0.29, 0.717) is 5.82 Å². The first-order chi connectivity index (χ1) is 7.22. The maximum Gasteiger partial charge on any atom is 0.132 e. The van der Waals surface area contributed by atoms with E-state index in [1.54, 1.807) is 6.20 Å². The Bertz CT molecular complexity index is 474. The molecule has 1 aromatic carbocycles. The van der Waals surface area contributed by atoms with E-state index in [2.05, 4.69) is 35.9 Å². The topological polar surface area (TPSA) is 48.9 Å². The van der Waals surface area contributed by atoms with Gasteiger partial charge in [-0.15, -0.1) is 0 Å². The monoisotopic (exact) mass is 202 g/mol. The summed E-state index contributed by atoms with van der Waals surface area (Å²) >= 11 is 0. The molecular weight excluding hydrogens is 188 g/mol. The Morgan fingerprint density at radius 2 is 2.13 bits per heavy atom. The zero-order valence-corrected chi connectivity index (χ0v) is 8.91. The van der Waals surface area contributed by atoms with Gasteiger partial charge in [0.1, 0.15) is 12.4 Å². The van der Waals surface area contributed by atoms with Gasteiger partial charge in [0.15, 0.2) is 0 Å². The van der Waals surface area contributed by atoms with Crippen LogP contribution in [0.3, 0.4) is 0 Å². The largest absolute Gasteiger partial charge is 0.388 e. The number of nitrogens with one attached hydrogen (secondary N) is 1. The number of hydrogen-bond acceptors (Lipinski definition) is 2. The van der Waals surface area contributed by atoms with Crippen molar-refractivity contribution in [2.75, 3.05) is 0 Å². The number of rotatable bonds is 2. The van der Waals surface area contributed by atoms with Gasteiger partial charge < -0.3 is 10.1 Å². The van der Waals surface area contributed by atoms with E-state index < -0.39 is 0 Å². The van der Waals surface area contributed by atoms with Gasteiger partial charge in [0.25, 0.3) is 0 Å². The van der Waals surface area contributed by atoms with Crippen molar-refractivity contribution in [1.29, 1.82) is 0 Å². The molecule has 3 heteroatoms. The second kappa shape index (κ2) is 3.87. The Morgan fingerprint density at radius 1 is 1.33 bits per heavy atom. The molecule has 3 nitrogen and oxygen atoms in total. The summed E-state index contributed by atoms with van der Waals surface area (Å²) in [6.45, 7) is 4.12. The minimum Gasteiger partial charge on any atom is -0.388 e. The smallest absolute Gasteiger partial charge is 0.132 e. The molecule has 0 unspecified atom stereocenters. The standard InChI is InChI=1S/C12H14N2O/c1-8-4-3-5-10(9(8)2)11-6-13-12(7-15)14-11/h3-6,15H,7H2,1-2H3,(H,13,14). The lowest BCUT2D eigenvalue weighted by Gasteiger charge is -2.05. The quantitative estimate of drug-likeness (QED) is 0.784. The molecular formula is C12H14N2O. The molecule has 0 amide bonds. The van der Waals surface area contributed by atoms with Gasteiger partial charge in [-0.2, -0.15) is 0 Å². The molecule has 0 saturated heterocycles. The van der Waals surface area contributed by atoms with E-state index in [-0.39, 0.29) is 6.61 Å². The van der Waals surface area contributed by atoms with Gasteiger partial charge in [0.05, 0.1) is 11.9 Å². The Hall–Kier alpha value is -1.61. The highest BCUT2D eigenvalue weighted by atomic mass is 16.3. The number of imidazole rings is 1. The molecule has 0 saturated carbocycles. The van der Waals surface area contributed by atoms with Gasteiger partial charge in [-0.3, -0.25) is 0 Å². The van der Waals surface area contributed by atoms with E-state index in [0.717, 1.165) is 11.3 Å². The molecule has 2 aromatic rings. The molecule has 0 atom stereocenters. The lowest BCUT2D eigenvalue weighted by molar-refractivity contribution is 0.272. The summed E-state index contributed by atoms with van der Waals surface area (Å²) in [5, 5.41) is 8.93. The third-order valence-electron chi connectivity index (χ3n) is 2.67. The van der Waals surface area contributed by atoms with Crippen LogP contribution in [0.15, 0.2) is 24.4 Å². The van der Waals surface area contributed by atoms with E-state index in [1.165, 1.54) is 11.1 Å². The van der Waals surface area contributed by atoms with Crippen LogP contribution in [-0.2, 0) is 6.61 Å². The number of aliphatic hydroxyl groups is 1. The van der Waals surface area contributed by atoms with E-state index in [4.69, 9.17) is 5.11 Å². The summed E-state index contributed by atoms with van der Waals surface area (Å²) in [6.07, 6.45) is 1.76. The van der Waals surface area contributed by atoms with Crippen molar-refractivity contribution in [1.82, 2.24) is 9.97 Å². The Morgan fingerprint density at radius 3 is 2.80 bits per heavy atom. The lowest BCUT2D eigenvalue weighted by Crippen LogP contribution is -1.88. The van der Waals surface area contributed by atoms with Crippen LogP contribution in [0.1, 0.15) is 17.0 Å². The van der Waals surface area contributed by atoms with Crippen molar-refractivity contribution < 1.29 is 5.11 Å². The molecule has 2 N–H and O–H groups in total. The second-order valence-corrected chi connectivity index (χ2v) is 3.65. The van der Waals surface area contributed by atoms with Crippen LogP contribution in [-0.4, -0.2) is 15.1 Å². The summed E-state index contributed by atoms with van der Waals surface area (Å²) in [4.78, 5) is 7.16. The van der Waals surface area contributed by atoms with Crippen LogP contribution < -0.4 is 0 Å². The molecule has 0 radical (unpaired) electrons. The summed E-state index contributed by atoms with van der Waals surface area (Å²) in [6, 6.07) is 6.16. The average Bonchev–Trinajstić information content (AvgIpc) is 2.70. The summed E-state index contributed by atoms with van der Waals surface area (Å²) in [5.41, 5.74) is 4.60. The SMILES string of the molecule is Cc1cccc(-c2cnc(CO)[nH]2)c1C. The number of aromatic nitrogens is 2. The fourth-order valence-corrected chi connectivity index (χ4v) is 1.62. The van der Waals surface area contributed by atoms with Crippen molar-refractivity contribution >= 4 is 0 Å². The van der Waals surface area contributed by atoms with Gasteiger partial charge in [-0.25, -0.2) is 4.98 Å². The van der Waals surface area contributed by atoms with Crippen molar-refractivity contribution in [3.05, 3.63) is 41.3 Å². The fraction of sp³-hybridized carbons (Fsp3) is 0.250. The minimum absolute atomic E-state index is 0.0507. The van der Waals surface area contributed by atoms with Gasteiger partial charge in [0, 0.05) is 5.56 Å². The number of aliphatic hydroxyl groups excluding tert-OH is 1. The Balaban J connectivity index is 2.49. The molecule has 0 bridgehead atoms. The number of nitrogens with zero attached hydrogens (tertiary/aromatic N) is 1. The maximum atomic E-state index is 8.93. The molecule has 1 heterocycles. The molecule has 2 rings (SSSR count). The molecule has 15 heavy (non-hydrogen) atoms. The first-order valence-electron chi connectivity index (χ1n) is 4.93. The van der Waals surface area contributed by atoms with Gasteiger partial charge in [0.2, 0.25) is 0 Å². The van der Waals surface area contributed by atoms with Crippen LogP contribution in [0.4, 0.5) is 0 Å². The third kappa shape index (κ3) is 1.78. The highest BCUT2D eigenvalue weighted by Gasteiger charge is 2.06. The minimum atomic E-state index is -0.0507. The normalized spacial score (nSPS) is 10.6. The van der Waals surface area contributed by atoms with Crippen LogP contribution in [0.2, 0.25) is 0 Å².